The van der Waals surface area contributed by atoms with E-state index in [2.05, 4.69) is 30.5 Å². The van der Waals surface area contributed by atoms with E-state index in [1.54, 1.807) is 25.1 Å². The molecule has 0 N–H and O–H groups in total. The summed E-state index contributed by atoms with van der Waals surface area (Å²) in [6.45, 7) is 1.38. The van der Waals surface area contributed by atoms with Crippen LogP contribution < -0.4 is 4.74 Å². The minimum atomic E-state index is -0.414. The Morgan fingerprint density at radius 3 is 2.80 bits per heavy atom. The number of thioether (sulfide) groups is 1. The van der Waals surface area contributed by atoms with Gasteiger partial charge >= 0.3 is 0 Å². The zero-order valence-corrected chi connectivity index (χ0v) is 20.7. The van der Waals surface area contributed by atoms with Crippen LogP contribution in [0.15, 0.2) is 76.2 Å². The lowest BCUT2D eigenvalue weighted by atomic mass is 10.0. The molecule has 1 amide bonds. The van der Waals surface area contributed by atoms with Gasteiger partial charge < -0.3 is 18.8 Å². The smallest absolute Gasteiger partial charge is 0.252 e. The summed E-state index contributed by atoms with van der Waals surface area (Å²) in [4.78, 5) is 21.5. The van der Waals surface area contributed by atoms with E-state index in [1.807, 2.05) is 41.3 Å². The molecular formula is C28H28N2O4S. The molecule has 0 unspecified atom stereocenters. The number of aromatic nitrogens is 1. The van der Waals surface area contributed by atoms with Gasteiger partial charge in [-0.05, 0) is 67.1 Å². The van der Waals surface area contributed by atoms with Crippen LogP contribution in [0.3, 0.4) is 0 Å². The Labute approximate surface area is 209 Å². The molecule has 180 valence electrons. The molecule has 0 spiro atoms. The van der Waals surface area contributed by atoms with Crippen molar-refractivity contribution >= 4 is 28.6 Å². The topological polar surface area (TPSA) is 64.8 Å². The van der Waals surface area contributed by atoms with E-state index in [0.717, 1.165) is 57.0 Å². The van der Waals surface area contributed by atoms with Crippen LogP contribution >= 0.6 is 11.8 Å². The maximum Gasteiger partial charge on any atom is 0.252 e. The molecule has 1 saturated heterocycles. The Balaban J connectivity index is 1.59. The lowest BCUT2D eigenvalue weighted by Gasteiger charge is -2.26. The highest BCUT2D eigenvalue weighted by molar-refractivity contribution is 7.98. The van der Waals surface area contributed by atoms with Gasteiger partial charge in [0.2, 0.25) is 0 Å². The number of amides is 1. The molecule has 1 fully saturated rings. The fraction of sp³-hybridized carbons (Fsp3) is 0.286. The third-order valence-electron chi connectivity index (χ3n) is 6.25. The summed E-state index contributed by atoms with van der Waals surface area (Å²) in [5.41, 5.74) is 3.65. The number of methoxy groups -OCH3 is 1. The van der Waals surface area contributed by atoms with E-state index in [9.17, 15) is 4.79 Å². The summed E-state index contributed by atoms with van der Waals surface area (Å²) in [6.07, 6.45) is 4.91. The van der Waals surface area contributed by atoms with E-state index in [0.29, 0.717) is 19.7 Å². The summed E-state index contributed by atoms with van der Waals surface area (Å²) < 4.78 is 16.8. The number of hydrogen-bond acceptors (Lipinski definition) is 6. The van der Waals surface area contributed by atoms with Crippen molar-refractivity contribution in [3.8, 4) is 17.0 Å². The van der Waals surface area contributed by atoms with Gasteiger partial charge in [0.1, 0.15) is 17.6 Å². The molecule has 2 aromatic carbocycles. The fourth-order valence-electron chi connectivity index (χ4n) is 4.44. The maximum absolute atomic E-state index is 13.5. The molecule has 4 aromatic rings. The molecule has 7 heteroatoms. The van der Waals surface area contributed by atoms with Gasteiger partial charge in [0.05, 0.1) is 31.1 Å². The van der Waals surface area contributed by atoms with Crippen molar-refractivity contribution in [2.75, 3.05) is 20.0 Å². The number of fused-ring (bicyclic) bond motifs is 1. The molecule has 0 radical (unpaired) electrons. The average molecular weight is 489 g/mol. The minimum absolute atomic E-state index is 0.0201. The SMILES string of the molecule is COc1cccc(-c2nc3cc(SC)ccc3cc2CN(Cc2ccco2)C(=O)[C@H]2CCCO2)c1. The van der Waals surface area contributed by atoms with Crippen LogP contribution in [0.1, 0.15) is 24.2 Å². The van der Waals surface area contributed by atoms with E-state index in [-0.39, 0.29) is 5.91 Å². The van der Waals surface area contributed by atoms with E-state index < -0.39 is 6.10 Å². The van der Waals surface area contributed by atoms with Crippen LogP contribution in [-0.2, 0) is 22.6 Å². The van der Waals surface area contributed by atoms with Crippen molar-refractivity contribution in [2.45, 2.75) is 36.9 Å². The number of carbonyl (C=O) groups excluding carboxylic acids is 1. The van der Waals surface area contributed by atoms with Gasteiger partial charge in [-0.1, -0.05) is 18.2 Å². The highest BCUT2D eigenvalue weighted by Crippen LogP contribution is 2.31. The zero-order valence-electron chi connectivity index (χ0n) is 19.9. The van der Waals surface area contributed by atoms with Crippen LogP contribution in [0, 0.1) is 0 Å². The first-order chi connectivity index (χ1) is 17.1. The van der Waals surface area contributed by atoms with Gasteiger partial charge in [0.25, 0.3) is 5.91 Å². The Bertz CT molecular complexity index is 1320. The number of nitrogens with zero attached hydrogens (tertiary/aromatic N) is 2. The van der Waals surface area contributed by atoms with Gasteiger partial charge in [-0.3, -0.25) is 4.79 Å². The Morgan fingerprint density at radius 1 is 1.14 bits per heavy atom. The van der Waals surface area contributed by atoms with Crippen LogP contribution in [0.2, 0.25) is 0 Å². The standard InChI is InChI=1S/C28H28N2O4S/c1-32-22-7-3-6-20(15-22)27-21(14-19-10-11-24(35-2)16-25(19)29-27)17-30(18-23-8-4-12-33-23)28(31)26-9-5-13-34-26/h3-4,6-8,10-12,14-16,26H,5,9,13,17-18H2,1-2H3/t26-/m1/s1. The number of hydrogen-bond donors (Lipinski definition) is 0. The number of carbonyl (C=O) groups is 1. The van der Waals surface area contributed by atoms with Crippen molar-refractivity contribution in [3.63, 3.8) is 0 Å². The van der Waals surface area contributed by atoms with Crippen LogP contribution in [0.4, 0.5) is 0 Å². The number of pyridine rings is 1. The Morgan fingerprint density at radius 2 is 2.06 bits per heavy atom. The van der Waals surface area contributed by atoms with E-state index in [4.69, 9.17) is 18.9 Å². The second-order valence-corrected chi connectivity index (χ2v) is 9.44. The van der Waals surface area contributed by atoms with Crippen molar-refractivity contribution in [2.24, 2.45) is 0 Å². The highest BCUT2D eigenvalue weighted by Gasteiger charge is 2.29. The van der Waals surface area contributed by atoms with Gasteiger partial charge in [0, 0.05) is 29.0 Å². The Kier molecular flexibility index (Phi) is 7.06. The number of rotatable bonds is 8. The lowest BCUT2D eigenvalue weighted by Crippen LogP contribution is -2.38. The predicted molar refractivity (Wildman–Crippen MR) is 137 cm³/mol. The van der Waals surface area contributed by atoms with Gasteiger partial charge in [-0.15, -0.1) is 11.8 Å². The fourth-order valence-corrected chi connectivity index (χ4v) is 4.88. The quantitative estimate of drug-likeness (QED) is 0.286. The summed E-state index contributed by atoms with van der Waals surface area (Å²) in [6, 6.07) is 20.0. The summed E-state index contributed by atoms with van der Waals surface area (Å²) in [7, 11) is 1.66. The molecule has 6 nitrogen and oxygen atoms in total. The molecule has 2 aromatic heterocycles. The third kappa shape index (κ3) is 5.21. The summed E-state index contributed by atoms with van der Waals surface area (Å²) in [5.74, 6) is 1.47. The molecule has 5 rings (SSSR count). The molecule has 0 bridgehead atoms. The summed E-state index contributed by atoms with van der Waals surface area (Å²) >= 11 is 1.69. The van der Waals surface area contributed by atoms with Crippen molar-refractivity contribution in [1.29, 1.82) is 0 Å². The van der Waals surface area contributed by atoms with Crippen molar-refractivity contribution in [1.82, 2.24) is 9.88 Å². The highest BCUT2D eigenvalue weighted by atomic mass is 32.2. The first kappa shape index (κ1) is 23.5. The molecule has 1 aliphatic heterocycles. The molecule has 0 saturated carbocycles. The average Bonchev–Trinajstić information content (AvgIpc) is 3.62. The van der Waals surface area contributed by atoms with Crippen molar-refractivity contribution in [3.05, 3.63) is 78.3 Å². The van der Waals surface area contributed by atoms with Crippen LogP contribution in [-0.4, -0.2) is 41.9 Å². The lowest BCUT2D eigenvalue weighted by molar-refractivity contribution is -0.142. The molecule has 35 heavy (non-hydrogen) atoms. The zero-order chi connectivity index (χ0) is 24.2. The summed E-state index contributed by atoms with van der Waals surface area (Å²) in [5, 5.41) is 1.03. The van der Waals surface area contributed by atoms with Crippen molar-refractivity contribution < 1.29 is 18.7 Å². The molecule has 1 aliphatic rings. The molecular weight excluding hydrogens is 460 g/mol. The first-order valence-electron chi connectivity index (χ1n) is 11.7. The van der Waals surface area contributed by atoms with Crippen LogP contribution in [0.5, 0.6) is 5.75 Å². The largest absolute Gasteiger partial charge is 0.497 e. The van der Waals surface area contributed by atoms with E-state index >= 15 is 0 Å². The molecule has 3 heterocycles. The number of benzene rings is 2. The first-order valence-corrected chi connectivity index (χ1v) is 12.9. The second kappa shape index (κ2) is 10.5. The van der Waals surface area contributed by atoms with Gasteiger partial charge in [-0.2, -0.15) is 0 Å². The van der Waals surface area contributed by atoms with E-state index in [1.165, 1.54) is 0 Å². The molecule has 0 aliphatic carbocycles. The van der Waals surface area contributed by atoms with Crippen LogP contribution in [0.25, 0.3) is 22.2 Å². The monoisotopic (exact) mass is 488 g/mol. The Hall–Kier alpha value is -3.29. The molecule has 1 atom stereocenters. The van der Waals surface area contributed by atoms with Gasteiger partial charge in [0.15, 0.2) is 0 Å². The minimum Gasteiger partial charge on any atom is -0.497 e. The van der Waals surface area contributed by atoms with Gasteiger partial charge in [-0.25, -0.2) is 4.98 Å². The number of ether oxygens (including phenoxy) is 2. The maximum atomic E-state index is 13.5. The number of furan rings is 1. The third-order valence-corrected chi connectivity index (χ3v) is 6.98. The predicted octanol–water partition coefficient (Wildman–Crippen LogP) is 5.93. The normalized spacial score (nSPS) is 15.4. The second-order valence-electron chi connectivity index (χ2n) is 8.56.